The van der Waals surface area contributed by atoms with Crippen molar-refractivity contribution in [1.29, 1.82) is 0 Å². The van der Waals surface area contributed by atoms with Crippen molar-refractivity contribution in [2.75, 3.05) is 42.9 Å². The molecule has 0 spiro atoms. The summed E-state index contributed by atoms with van der Waals surface area (Å²) in [6.07, 6.45) is -3.93. The van der Waals surface area contributed by atoms with Crippen LogP contribution in [0.15, 0.2) is 65.6 Å². The first-order valence-corrected chi connectivity index (χ1v) is 13.5. The van der Waals surface area contributed by atoms with Crippen LogP contribution >= 0.6 is 11.6 Å². The van der Waals surface area contributed by atoms with Gasteiger partial charge in [0, 0.05) is 37.4 Å². The Morgan fingerprint density at radius 1 is 1.03 bits per heavy atom. The summed E-state index contributed by atoms with van der Waals surface area (Å²) >= 11 is 5.78. The molecule has 13 heteroatoms. The monoisotopic (exact) mass is 567 g/mol. The van der Waals surface area contributed by atoms with E-state index in [0.29, 0.717) is 24.2 Å². The van der Waals surface area contributed by atoms with Crippen molar-refractivity contribution in [3.05, 3.63) is 82.5 Å². The van der Waals surface area contributed by atoms with Gasteiger partial charge in [0.2, 0.25) is 10.0 Å². The highest BCUT2D eigenvalue weighted by molar-refractivity contribution is 7.89. The van der Waals surface area contributed by atoms with E-state index in [1.54, 1.807) is 23.1 Å². The third-order valence-corrected chi connectivity index (χ3v) is 8.15. The van der Waals surface area contributed by atoms with Gasteiger partial charge in [-0.1, -0.05) is 23.7 Å². The predicted octanol–water partition coefficient (Wildman–Crippen LogP) is 4.02. The van der Waals surface area contributed by atoms with Gasteiger partial charge in [0.15, 0.2) is 0 Å². The molecule has 1 saturated heterocycles. The molecule has 2 heterocycles. The standard InChI is InChI=1S/C25H25ClF3N5O3S/c26-22-15-19(25(27,28)29)16-23(32-22)33-10-12-34(13-11-33)38(36,37)21-6-4-20(5-7-21)31-24(35)18-3-1-2-17(14-18)8-9-30/h1-7,14-16H,8-13,30H2,(H,31,35). The largest absolute Gasteiger partial charge is 0.416 e. The summed E-state index contributed by atoms with van der Waals surface area (Å²) in [4.78, 5) is 18.2. The predicted molar refractivity (Wildman–Crippen MR) is 139 cm³/mol. The molecule has 202 valence electrons. The number of nitrogens with two attached hydrogens (primary N) is 1. The molecular formula is C25H25ClF3N5O3S. The highest BCUT2D eigenvalue weighted by Gasteiger charge is 2.33. The van der Waals surface area contributed by atoms with Crippen LogP contribution in [-0.2, 0) is 22.6 Å². The average molecular weight is 568 g/mol. The van der Waals surface area contributed by atoms with E-state index in [-0.39, 0.29) is 48.0 Å². The van der Waals surface area contributed by atoms with E-state index in [1.165, 1.54) is 28.6 Å². The Morgan fingerprint density at radius 3 is 2.34 bits per heavy atom. The quantitative estimate of drug-likeness (QED) is 0.418. The molecule has 1 aromatic heterocycles. The smallest absolute Gasteiger partial charge is 0.354 e. The second-order valence-corrected chi connectivity index (χ2v) is 11.0. The van der Waals surface area contributed by atoms with E-state index < -0.39 is 21.8 Å². The Hall–Kier alpha value is -3.19. The molecule has 1 amide bonds. The number of piperazine rings is 1. The summed E-state index contributed by atoms with van der Waals surface area (Å²) in [6.45, 7) is 0.847. The zero-order valence-corrected chi connectivity index (χ0v) is 21.7. The van der Waals surface area contributed by atoms with Crippen LogP contribution in [0.5, 0.6) is 0 Å². The fourth-order valence-electron chi connectivity index (χ4n) is 4.06. The molecule has 1 aliphatic rings. The van der Waals surface area contributed by atoms with Gasteiger partial charge in [-0.3, -0.25) is 4.79 Å². The van der Waals surface area contributed by atoms with Gasteiger partial charge in [0.05, 0.1) is 10.5 Å². The van der Waals surface area contributed by atoms with Crippen molar-refractivity contribution in [3.8, 4) is 0 Å². The summed E-state index contributed by atoms with van der Waals surface area (Å²) in [6, 6.07) is 14.5. The first-order chi connectivity index (χ1) is 18.0. The van der Waals surface area contributed by atoms with Crippen molar-refractivity contribution in [2.24, 2.45) is 5.73 Å². The summed E-state index contributed by atoms with van der Waals surface area (Å²) in [5.74, 6) is -0.297. The molecule has 0 aliphatic carbocycles. The number of hydrogen-bond acceptors (Lipinski definition) is 6. The SMILES string of the molecule is NCCc1cccc(C(=O)Nc2ccc(S(=O)(=O)N3CCN(c4cc(C(F)(F)F)cc(Cl)n4)CC3)cc2)c1. The van der Waals surface area contributed by atoms with Gasteiger partial charge in [-0.05, 0) is 67.1 Å². The lowest BCUT2D eigenvalue weighted by molar-refractivity contribution is -0.137. The molecule has 0 atom stereocenters. The summed E-state index contributed by atoms with van der Waals surface area (Å²) in [7, 11) is -3.86. The molecule has 2 aromatic carbocycles. The Kier molecular flexibility index (Phi) is 8.26. The summed E-state index contributed by atoms with van der Waals surface area (Å²) in [5, 5.41) is 2.45. The van der Waals surface area contributed by atoms with Gasteiger partial charge in [0.1, 0.15) is 11.0 Å². The maximum Gasteiger partial charge on any atom is 0.416 e. The molecule has 1 aliphatic heterocycles. The van der Waals surface area contributed by atoms with Gasteiger partial charge in [-0.15, -0.1) is 0 Å². The molecule has 38 heavy (non-hydrogen) atoms. The number of rotatable bonds is 7. The van der Waals surface area contributed by atoms with E-state index in [2.05, 4.69) is 10.3 Å². The number of carbonyl (C=O) groups is 1. The molecule has 4 rings (SSSR count). The Balaban J connectivity index is 1.40. The summed E-state index contributed by atoms with van der Waals surface area (Å²) in [5.41, 5.74) is 6.48. The number of amides is 1. The third-order valence-electron chi connectivity index (χ3n) is 6.04. The highest BCUT2D eigenvalue weighted by atomic mass is 35.5. The van der Waals surface area contributed by atoms with Crippen LogP contribution in [0.3, 0.4) is 0 Å². The zero-order chi connectivity index (χ0) is 27.5. The fraction of sp³-hybridized carbons (Fsp3) is 0.280. The number of aromatic nitrogens is 1. The van der Waals surface area contributed by atoms with Crippen LogP contribution in [-0.4, -0.2) is 56.3 Å². The molecule has 0 bridgehead atoms. The van der Waals surface area contributed by atoms with Crippen LogP contribution in [0.4, 0.5) is 24.7 Å². The molecule has 0 saturated carbocycles. The average Bonchev–Trinajstić information content (AvgIpc) is 2.88. The summed E-state index contributed by atoms with van der Waals surface area (Å²) < 4.78 is 66.9. The van der Waals surface area contributed by atoms with Crippen molar-refractivity contribution in [2.45, 2.75) is 17.5 Å². The van der Waals surface area contributed by atoms with Crippen molar-refractivity contribution >= 4 is 39.0 Å². The zero-order valence-electron chi connectivity index (χ0n) is 20.1. The van der Waals surface area contributed by atoms with E-state index in [1.807, 2.05) is 6.07 Å². The highest BCUT2D eigenvalue weighted by Crippen LogP contribution is 2.33. The lowest BCUT2D eigenvalue weighted by atomic mass is 10.1. The second-order valence-electron chi connectivity index (χ2n) is 8.64. The molecule has 3 aromatic rings. The van der Waals surface area contributed by atoms with E-state index >= 15 is 0 Å². The Labute approximate surface area is 223 Å². The van der Waals surface area contributed by atoms with Gasteiger partial charge >= 0.3 is 6.18 Å². The first-order valence-electron chi connectivity index (χ1n) is 11.7. The number of sulfonamides is 1. The molecule has 3 N–H and O–H groups in total. The number of halogens is 4. The number of carbonyl (C=O) groups excluding carboxylic acids is 1. The number of anilines is 2. The van der Waals surface area contributed by atoms with E-state index in [0.717, 1.165) is 17.7 Å². The maximum absolute atomic E-state index is 13.1. The van der Waals surface area contributed by atoms with Gasteiger partial charge in [-0.25, -0.2) is 13.4 Å². The van der Waals surface area contributed by atoms with Crippen LogP contribution in [0.1, 0.15) is 21.5 Å². The maximum atomic E-state index is 13.1. The van der Waals surface area contributed by atoms with Gasteiger partial charge in [0.25, 0.3) is 5.91 Å². The lowest BCUT2D eigenvalue weighted by Gasteiger charge is -2.35. The van der Waals surface area contributed by atoms with Gasteiger partial charge in [-0.2, -0.15) is 17.5 Å². The number of nitrogens with one attached hydrogen (secondary N) is 1. The molecule has 8 nitrogen and oxygen atoms in total. The number of pyridine rings is 1. The van der Waals surface area contributed by atoms with Crippen LogP contribution in [0.25, 0.3) is 0 Å². The number of nitrogens with zero attached hydrogens (tertiary/aromatic N) is 3. The van der Waals surface area contributed by atoms with Crippen LogP contribution in [0, 0.1) is 0 Å². The Morgan fingerprint density at radius 2 is 1.71 bits per heavy atom. The fourth-order valence-corrected chi connectivity index (χ4v) is 5.69. The second kappa shape index (κ2) is 11.3. The lowest BCUT2D eigenvalue weighted by Crippen LogP contribution is -2.49. The van der Waals surface area contributed by atoms with E-state index in [9.17, 15) is 26.4 Å². The Bertz CT molecular complexity index is 1410. The minimum atomic E-state index is -4.58. The topological polar surface area (TPSA) is 109 Å². The van der Waals surface area contributed by atoms with Crippen molar-refractivity contribution in [3.63, 3.8) is 0 Å². The number of hydrogen-bond donors (Lipinski definition) is 2. The van der Waals surface area contributed by atoms with Crippen LogP contribution in [0.2, 0.25) is 5.15 Å². The van der Waals surface area contributed by atoms with E-state index in [4.69, 9.17) is 17.3 Å². The molecule has 0 unspecified atom stereocenters. The minimum absolute atomic E-state index is 0.0362. The first kappa shape index (κ1) is 27.8. The van der Waals surface area contributed by atoms with Crippen molar-refractivity contribution in [1.82, 2.24) is 9.29 Å². The minimum Gasteiger partial charge on any atom is -0.354 e. The molecule has 1 fully saturated rings. The third kappa shape index (κ3) is 6.44. The number of benzene rings is 2. The van der Waals surface area contributed by atoms with Crippen LogP contribution < -0.4 is 16.0 Å². The van der Waals surface area contributed by atoms with Gasteiger partial charge < -0.3 is 16.0 Å². The number of alkyl halides is 3. The normalized spacial score (nSPS) is 14.9. The molecular weight excluding hydrogens is 543 g/mol. The molecule has 0 radical (unpaired) electrons. The van der Waals surface area contributed by atoms with Crippen molar-refractivity contribution < 1.29 is 26.4 Å².